The standard InChI is InChI=1S/H3O4P.Sr.2H/c1-5(2,3)4;;;/h(H3,1,2,3,4);;;/q;+2;2*-1. The van der Waals surface area contributed by atoms with Crippen LogP contribution in [0.3, 0.4) is 0 Å². The van der Waals surface area contributed by atoms with Crippen LogP contribution in [0.1, 0.15) is 5.71 Å². The van der Waals surface area contributed by atoms with Gasteiger partial charge in [0.05, 0.1) is 7.82 Å². The third kappa shape index (κ3) is 46.6. The molecule has 0 saturated carbocycles. The van der Waals surface area contributed by atoms with Crippen LogP contribution in [0.2, 0.25) is 0 Å². The van der Waals surface area contributed by atoms with Gasteiger partial charge in [0.25, 0.3) is 0 Å². The van der Waals surface area contributed by atoms with E-state index >= 15 is 0 Å². The van der Waals surface area contributed by atoms with Crippen molar-refractivity contribution in [3.05, 3.63) is 0 Å². The van der Waals surface area contributed by atoms with Gasteiger partial charge in [-0.25, -0.2) is 0 Å². The fourth-order valence-electron chi connectivity index (χ4n) is 0. The number of hydrogen-bond acceptors (Lipinski definition) is 3. The van der Waals surface area contributed by atoms with Crippen molar-refractivity contribution in [1.29, 1.82) is 0 Å². The Labute approximate surface area is 77.6 Å². The van der Waals surface area contributed by atoms with Gasteiger partial charge in [0.15, 0.2) is 0 Å². The minimum absolute atomic E-state index is 0. The zero-order valence-electron chi connectivity index (χ0n) is 6.83. The molecule has 0 saturated heterocycles. The molecule has 0 atom stereocenters. The molecular weight excluding hydrogens is 183 g/mol. The van der Waals surface area contributed by atoms with Gasteiger partial charge >= 0.3 is 48.3 Å². The third-order valence-electron chi connectivity index (χ3n) is 0. The summed E-state index contributed by atoms with van der Waals surface area (Å²) in [6.45, 7) is 0. The van der Waals surface area contributed by atoms with Gasteiger partial charge in [-0.3, -0.25) is 0 Å². The van der Waals surface area contributed by atoms with E-state index in [-0.39, 0.29) is 51.2 Å². The number of phosphoric acid groups is 1. The minimum Gasteiger partial charge on any atom is -1.00 e. The third-order valence-corrected chi connectivity index (χ3v) is 0. The molecule has 4 nitrogen and oxygen atoms in total. The first-order valence-corrected chi connectivity index (χ1v) is 2.24. The first-order valence-electron chi connectivity index (χ1n) is 0.748. The van der Waals surface area contributed by atoms with Crippen LogP contribution in [0, 0.1) is 0 Å². The summed E-state index contributed by atoms with van der Waals surface area (Å²) in [4.78, 5) is 24.3. The molecule has 0 heterocycles. The van der Waals surface area contributed by atoms with Crippen LogP contribution in [-0.2, 0) is 4.57 Å². The van der Waals surface area contributed by atoms with Crippen LogP contribution in [-0.4, -0.2) is 50.4 Å². The second-order valence-electron chi connectivity index (χ2n) is 0.469. The molecule has 0 rings (SSSR count). The van der Waals surface area contributed by atoms with E-state index in [0.29, 0.717) is 0 Å². The summed E-state index contributed by atoms with van der Waals surface area (Å²) in [5.41, 5.74) is 0. The molecule has 0 spiro atoms. The topological polar surface area (TPSA) is 83.4 Å². The van der Waals surface area contributed by atoms with E-state index in [0.717, 1.165) is 0 Å². The summed E-state index contributed by atoms with van der Waals surface area (Å²) in [6.07, 6.45) is 0. The Kier molecular flexibility index (Phi) is 6.29. The Hall–Kier alpha value is 1.59. The summed E-state index contributed by atoms with van der Waals surface area (Å²) >= 11 is 0. The molecule has 0 unspecified atom stereocenters. The molecule has 0 aromatic rings. The molecule has 6 heteroatoms. The number of hydrogen-bond donors (Lipinski definition) is 1. The van der Waals surface area contributed by atoms with E-state index in [1.807, 2.05) is 0 Å². The normalized spacial score (nSPS) is 9.83. The van der Waals surface area contributed by atoms with Crippen LogP contribution in [0.4, 0.5) is 0 Å². The molecule has 0 aromatic carbocycles. The molecule has 0 aliphatic rings. The Morgan fingerprint density at radius 3 is 1.83 bits per heavy atom. The van der Waals surface area contributed by atoms with E-state index < -0.39 is 7.82 Å². The van der Waals surface area contributed by atoms with Gasteiger partial charge in [0.2, 0.25) is 0 Å². The van der Waals surface area contributed by atoms with Crippen molar-refractivity contribution in [1.82, 2.24) is 0 Å². The van der Waals surface area contributed by atoms with Crippen LogP contribution in [0.5, 0.6) is 0 Å². The van der Waals surface area contributed by atoms with E-state index in [4.69, 9.17) is 19.2 Å². The van der Waals surface area contributed by atoms with Gasteiger partial charge in [0, 0.05) is 0 Å². The average molecular weight is 188 g/mol. The largest absolute Gasteiger partial charge is 2.00 e. The van der Waals surface area contributed by atoms with Crippen LogP contribution in [0.25, 0.3) is 0 Å². The van der Waals surface area contributed by atoms with Crippen molar-refractivity contribution < 1.29 is 25.0 Å². The maximum Gasteiger partial charge on any atom is 2.00 e. The Bertz CT molecular complexity index is 63.4. The van der Waals surface area contributed by atoms with Gasteiger partial charge in [-0.2, -0.15) is 0 Å². The molecule has 0 radical (unpaired) electrons. The average Bonchev–Trinajstić information content (AvgIpc) is 0.722. The molecular formula is H5O4PSr. The quantitative estimate of drug-likeness (QED) is 0.347. The zero-order chi connectivity index (χ0) is 4.50. The monoisotopic (exact) mass is 188 g/mol. The van der Waals surface area contributed by atoms with Crippen molar-refractivity contribution in [2.45, 2.75) is 0 Å². The Morgan fingerprint density at radius 2 is 1.83 bits per heavy atom. The molecule has 0 aromatic heterocycles. The molecule has 1 N–H and O–H groups in total. The summed E-state index contributed by atoms with van der Waals surface area (Å²) in [5, 5.41) is 0. The van der Waals surface area contributed by atoms with Crippen molar-refractivity contribution in [2.75, 3.05) is 0 Å². The predicted molar refractivity (Wildman–Crippen MR) is 20.0 cm³/mol. The van der Waals surface area contributed by atoms with E-state index in [2.05, 4.69) is 0 Å². The van der Waals surface area contributed by atoms with Crippen molar-refractivity contribution in [3.8, 4) is 0 Å². The van der Waals surface area contributed by atoms with Crippen LogP contribution in [0.15, 0.2) is 0 Å². The van der Waals surface area contributed by atoms with Gasteiger partial charge < -0.3 is 22.1 Å². The Balaban J connectivity index is -0.00000000800. The molecule has 0 bridgehead atoms. The second-order valence-corrected chi connectivity index (χ2v) is 1.41. The molecule has 0 aliphatic carbocycles. The molecule has 0 fully saturated rings. The van der Waals surface area contributed by atoms with Gasteiger partial charge in [-0.05, 0) is 0 Å². The first kappa shape index (κ1) is 10.5. The predicted octanol–water partition coefficient (Wildman–Crippen LogP) is -2.12. The maximum absolute atomic E-state index is 8.66. The molecule has 0 amide bonds. The maximum atomic E-state index is 8.66. The zero-order valence-corrected chi connectivity index (χ0v) is 7.20. The summed E-state index contributed by atoms with van der Waals surface area (Å²) in [7, 11) is -5.14. The SMILES string of the molecule is O=P([O-])([O-])O.[H+].[H+].[H-].[H-].[Sr+2]. The summed E-state index contributed by atoms with van der Waals surface area (Å²) < 4.78 is 8.66. The summed E-state index contributed by atoms with van der Waals surface area (Å²) in [6, 6.07) is 0. The summed E-state index contributed by atoms with van der Waals surface area (Å²) in [5.74, 6) is 0. The van der Waals surface area contributed by atoms with E-state index in [1.165, 1.54) is 0 Å². The molecule has 36 valence electrons. The number of rotatable bonds is 0. The van der Waals surface area contributed by atoms with Crippen molar-refractivity contribution >= 4 is 53.3 Å². The minimum atomic E-state index is -5.14. The molecule has 6 heavy (non-hydrogen) atoms. The smallest absolute Gasteiger partial charge is 1.00 e. The van der Waals surface area contributed by atoms with Crippen molar-refractivity contribution in [3.63, 3.8) is 0 Å². The van der Waals surface area contributed by atoms with E-state index in [1.54, 1.807) is 0 Å². The van der Waals surface area contributed by atoms with Crippen molar-refractivity contribution in [2.24, 2.45) is 0 Å². The Morgan fingerprint density at radius 1 is 1.83 bits per heavy atom. The fraction of sp³-hybridized carbons (Fsp3) is 0. The van der Waals surface area contributed by atoms with Gasteiger partial charge in [-0.1, -0.05) is 0 Å². The molecule has 0 aliphatic heterocycles. The van der Waals surface area contributed by atoms with E-state index in [9.17, 15) is 0 Å². The first-order chi connectivity index (χ1) is 2.00. The van der Waals surface area contributed by atoms with Gasteiger partial charge in [-0.15, -0.1) is 0 Å². The second kappa shape index (κ2) is 3.58. The van der Waals surface area contributed by atoms with Crippen LogP contribution < -0.4 is 9.79 Å². The van der Waals surface area contributed by atoms with Gasteiger partial charge in [0.1, 0.15) is 0 Å². The fourth-order valence-corrected chi connectivity index (χ4v) is 0. The van der Waals surface area contributed by atoms with Crippen LogP contribution >= 0.6 is 7.82 Å².